The van der Waals surface area contributed by atoms with E-state index in [1.807, 2.05) is 13.1 Å². The molecule has 1 heterocycles. The molecule has 1 fully saturated rings. The number of nitrogens with zero attached hydrogens (tertiary/aromatic N) is 2. The zero-order valence-electron chi connectivity index (χ0n) is 11.4. The molecule has 1 aliphatic rings. The van der Waals surface area contributed by atoms with Gasteiger partial charge in [0.05, 0.1) is 11.8 Å². The first-order valence-corrected chi connectivity index (χ1v) is 7.08. The predicted molar refractivity (Wildman–Crippen MR) is 71.4 cm³/mol. The van der Waals surface area contributed by atoms with Crippen LogP contribution >= 0.6 is 0 Å². The van der Waals surface area contributed by atoms with Crippen LogP contribution in [0.1, 0.15) is 56.3 Å². The lowest BCUT2D eigenvalue weighted by molar-refractivity contribution is 0.0904. The molecule has 1 N–H and O–H groups in total. The molecule has 1 aliphatic carbocycles. The fraction of sp³-hybridized carbons (Fsp3) is 0.714. The molecule has 1 amide bonds. The van der Waals surface area contributed by atoms with Gasteiger partial charge in [0.25, 0.3) is 5.91 Å². The molecule has 1 aromatic rings. The number of aryl methyl sites for hydroxylation is 1. The first kappa shape index (κ1) is 13.1. The van der Waals surface area contributed by atoms with E-state index in [2.05, 4.69) is 17.3 Å². The molecular weight excluding hydrogens is 226 g/mol. The second-order valence-electron chi connectivity index (χ2n) is 5.12. The normalized spacial score (nSPS) is 23.9. The van der Waals surface area contributed by atoms with Gasteiger partial charge in [-0.15, -0.1) is 0 Å². The summed E-state index contributed by atoms with van der Waals surface area (Å²) in [5.74, 6) is 0.670. The number of aromatic nitrogens is 2. The molecule has 4 heteroatoms. The first-order chi connectivity index (χ1) is 8.74. The third-order valence-corrected chi connectivity index (χ3v) is 3.97. The summed E-state index contributed by atoms with van der Waals surface area (Å²) in [5, 5.41) is 7.33. The zero-order valence-corrected chi connectivity index (χ0v) is 11.4. The highest BCUT2D eigenvalue weighted by molar-refractivity contribution is 5.93. The third kappa shape index (κ3) is 2.92. The van der Waals surface area contributed by atoms with Crippen LogP contribution in [0.5, 0.6) is 0 Å². The lowest BCUT2D eigenvalue weighted by Gasteiger charge is -2.31. The number of nitrogens with one attached hydrogen (secondary N) is 1. The molecule has 2 atom stereocenters. The van der Waals surface area contributed by atoms with E-state index in [1.165, 1.54) is 19.3 Å². The van der Waals surface area contributed by atoms with Crippen LogP contribution in [0.2, 0.25) is 0 Å². The Hall–Kier alpha value is -1.32. The van der Waals surface area contributed by atoms with Crippen LogP contribution in [-0.2, 0) is 6.54 Å². The Kier molecular flexibility index (Phi) is 4.39. The van der Waals surface area contributed by atoms with Gasteiger partial charge >= 0.3 is 0 Å². The Morgan fingerprint density at radius 1 is 1.44 bits per heavy atom. The van der Waals surface area contributed by atoms with Crippen LogP contribution in [-0.4, -0.2) is 21.7 Å². The van der Waals surface area contributed by atoms with Gasteiger partial charge in [-0.3, -0.25) is 9.48 Å². The Bertz CT molecular complexity index is 399. The minimum atomic E-state index is 0.0278. The van der Waals surface area contributed by atoms with Crippen molar-refractivity contribution < 1.29 is 4.79 Å². The molecule has 0 bridgehead atoms. The number of hydrogen-bond acceptors (Lipinski definition) is 2. The summed E-state index contributed by atoms with van der Waals surface area (Å²) in [6.07, 6.45) is 9.52. The summed E-state index contributed by atoms with van der Waals surface area (Å²) < 4.78 is 1.78. The van der Waals surface area contributed by atoms with Crippen LogP contribution in [0.4, 0.5) is 0 Å². The highest BCUT2D eigenvalue weighted by Gasteiger charge is 2.25. The van der Waals surface area contributed by atoms with E-state index in [0.717, 1.165) is 19.4 Å². The van der Waals surface area contributed by atoms with Gasteiger partial charge in [-0.2, -0.15) is 5.10 Å². The van der Waals surface area contributed by atoms with E-state index in [-0.39, 0.29) is 5.91 Å². The highest BCUT2D eigenvalue weighted by atomic mass is 16.1. The molecule has 0 spiro atoms. The fourth-order valence-corrected chi connectivity index (χ4v) is 2.79. The maximum atomic E-state index is 12.1. The molecule has 2 unspecified atom stereocenters. The van der Waals surface area contributed by atoms with E-state index in [9.17, 15) is 4.79 Å². The van der Waals surface area contributed by atoms with E-state index in [1.54, 1.807) is 10.9 Å². The van der Waals surface area contributed by atoms with Crippen molar-refractivity contribution in [1.29, 1.82) is 0 Å². The molecule has 1 aromatic heterocycles. The average Bonchev–Trinajstić information content (AvgIpc) is 2.88. The van der Waals surface area contributed by atoms with Gasteiger partial charge in [0.1, 0.15) is 0 Å². The zero-order chi connectivity index (χ0) is 13.0. The third-order valence-electron chi connectivity index (χ3n) is 3.97. The average molecular weight is 249 g/mol. The predicted octanol–water partition coefficient (Wildman–Crippen LogP) is 2.60. The van der Waals surface area contributed by atoms with Crippen LogP contribution in [0, 0.1) is 5.92 Å². The highest BCUT2D eigenvalue weighted by Crippen LogP contribution is 2.26. The molecule has 2 rings (SSSR count). The maximum absolute atomic E-state index is 12.1. The van der Waals surface area contributed by atoms with Crippen LogP contribution in [0.15, 0.2) is 12.4 Å². The van der Waals surface area contributed by atoms with E-state index < -0.39 is 0 Å². The van der Waals surface area contributed by atoms with Gasteiger partial charge in [-0.1, -0.05) is 26.2 Å². The van der Waals surface area contributed by atoms with Crippen molar-refractivity contribution >= 4 is 5.91 Å². The molecule has 0 radical (unpaired) electrons. The van der Waals surface area contributed by atoms with Crippen molar-refractivity contribution in [3.63, 3.8) is 0 Å². The van der Waals surface area contributed by atoms with E-state index in [0.29, 0.717) is 17.5 Å². The molecule has 0 aliphatic heterocycles. The van der Waals surface area contributed by atoms with Gasteiger partial charge in [-0.05, 0) is 25.7 Å². The van der Waals surface area contributed by atoms with E-state index >= 15 is 0 Å². The molecule has 18 heavy (non-hydrogen) atoms. The van der Waals surface area contributed by atoms with Crippen molar-refractivity contribution in [2.75, 3.05) is 0 Å². The number of amides is 1. The fourth-order valence-electron chi connectivity index (χ4n) is 2.79. The maximum Gasteiger partial charge on any atom is 0.254 e. The largest absolute Gasteiger partial charge is 0.349 e. The Balaban J connectivity index is 1.97. The summed E-state index contributed by atoms with van der Waals surface area (Å²) >= 11 is 0. The SMILES string of the molecule is CCC1CCCCC1NC(=O)c1cnn(CC)c1. The van der Waals surface area contributed by atoms with Gasteiger partial charge < -0.3 is 5.32 Å². The lowest BCUT2D eigenvalue weighted by Crippen LogP contribution is -2.41. The number of hydrogen-bond donors (Lipinski definition) is 1. The van der Waals surface area contributed by atoms with Gasteiger partial charge in [-0.25, -0.2) is 0 Å². The van der Waals surface area contributed by atoms with Crippen molar-refractivity contribution in [3.05, 3.63) is 18.0 Å². The summed E-state index contributed by atoms with van der Waals surface area (Å²) in [6.45, 7) is 5.03. The minimum absolute atomic E-state index is 0.0278. The summed E-state index contributed by atoms with van der Waals surface area (Å²) in [4.78, 5) is 12.1. The molecular formula is C14H23N3O. The van der Waals surface area contributed by atoms with Gasteiger partial charge in [0.2, 0.25) is 0 Å². The second kappa shape index (κ2) is 6.03. The molecule has 100 valence electrons. The van der Waals surface area contributed by atoms with Crippen LogP contribution in [0.3, 0.4) is 0 Å². The summed E-state index contributed by atoms with van der Waals surface area (Å²) in [5.41, 5.74) is 0.678. The topological polar surface area (TPSA) is 46.9 Å². The Labute approximate surface area is 109 Å². The van der Waals surface area contributed by atoms with Crippen molar-refractivity contribution in [2.24, 2.45) is 5.92 Å². The standard InChI is InChI=1S/C14H23N3O/c1-3-11-7-5-6-8-13(11)16-14(18)12-9-15-17(4-2)10-12/h9-11,13H,3-8H2,1-2H3,(H,16,18). The first-order valence-electron chi connectivity index (χ1n) is 7.08. The number of carbonyl (C=O) groups is 1. The van der Waals surface area contributed by atoms with Crippen LogP contribution < -0.4 is 5.32 Å². The minimum Gasteiger partial charge on any atom is -0.349 e. The molecule has 0 saturated heterocycles. The second-order valence-corrected chi connectivity index (χ2v) is 5.12. The lowest BCUT2D eigenvalue weighted by atomic mass is 9.83. The molecule has 1 saturated carbocycles. The molecule has 0 aromatic carbocycles. The smallest absolute Gasteiger partial charge is 0.254 e. The van der Waals surface area contributed by atoms with Crippen LogP contribution in [0.25, 0.3) is 0 Å². The molecule has 4 nitrogen and oxygen atoms in total. The number of rotatable bonds is 4. The quantitative estimate of drug-likeness (QED) is 0.891. The van der Waals surface area contributed by atoms with Crippen molar-refractivity contribution in [3.8, 4) is 0 Å². The van der Waals surface area contributed by atoms with E-state index in [4.69, 9.17) is 0 Å². The van der Waals surface area contributed by atoms with Crippen molar-refractivity contribution in [1.82, 2.24) is 15.1 Å². The Morgan fingerprint density at radius 2 is 2.22 bits per heavy atom. The summed E-state index contributed by atoms with van der Waals surface area (Å²) in [7, 11) is 0. The Morgan fingerprint density at radius 3 is 2.89 bits per heavy atom. The van der Waals surface area contributed by atoms with Gasteiger partial charge in [0, 0.05) is 18.8 Å². The number of carbonyl (C=O) groups excluding carboxylic acids is 1. The van der Waals surface area contributed by atoms with Gasteiger partial charge in [0.15, 0.2) is 0 Å². The monoisotopic (exact) mass is 249 g/mol. The van der Waals surface area contributed by atoms with Crippen molar-refractivity contribution in [2.45, 2.75) is 58.5 Å². The summed E-state index contributed by atoms with van der Waals surface area (Å²) in [6, 6.07) is 0.348.